The van der Waals surface area contributed by atoms with Crippen molar-refractivity contribution >= 4 is 23.6 Å². The van der Waals surface area contributed by atoms with Crippen molar-refractivity contribution in [3.63, 3.8) is 0 Å². The predicted molar refractivity (Wildman–Crippen MR) is 94.8 cm³/mol. The summed E-state index contributed by atoms with van der Waals surface area (Å²) < 4.78 is 10.2. The minimum Gasteiger partial charge on any atom is -0.452 e. The third-order valence-electron chi connectivity index (χ3n) is 3.50. The maximum absolute atomic E-state index is 11.8. The van der Waals surface area contributed by atoms with Crippen LogP contribution in [0.1, 0.15) is 17.0 Å². The summed E-state index contributed by atoms with van der Waals surface area (Å²) in [5.41, 5.74) is 2.81. The molecule has 2 aromatic carbocycles. The van der Waals surface area contributed by atoms with Crippen LogP contribution in [0.4, 0.5) is 0 Å². The van der Waals surface area contributed by atoms with Crippen molar-refractivity contribution in [1.29, 1.82) is 0 Å². The van der Waals surface area contributed by atoms with E-state index in [0.29, 0.717) is 10.8 Å². The Morgan fingerprint density at radius 3 is 2.72 bits per heavy atom. The number of carbonyl (C=O) groups is 1. The number of esters is 1. The van der Waals surface area contributed by atoms with E-state index in [1.165, 1.54) is 6.08 Å². The quantitative estimate of drug-likeness (QED) is 0.500. The first-order valence-electron chi connectivity index (χ1n) is 7.61. The average Bonchev–Trinajstić information content (AvgIpc) is 3.09. The van der Waals surface area contributed by atoms with Crippen molar-refractivity contribution in [2.45, 2.75) is 13.5 Å². The van der Waals surface area contributed by atoms with Gasteiger partial charge in [0.1, 0.15) is 0 Å². The van der Waals surface area contributed by atoms with Gasteiger partial charge >= 0.3 is 5.97 Å². The second-order valence-electron chi connectivity index (χ2n) is 5.32. The molecule has 0 unspecified atom stereocenters. The lowest BCUT2D eigenvalue weighted by atomic mass is 10.1. The van der Waals surface area contributed by atoms with Crippen molar-refractivity contribution in [2.24, 2.45) is 0 Å². The van der Waals surface area contributed by atoms with Crippen molar-refractivity contribution in [1.82, 2.24) is 10.1 Å². The Balaban J connectivity index is 1.58. The summed E-state index contributed by atoms with van der Waals surface area (Å²) in [6.45, 7) is 1.89. The molecular weight excluding hydrogens is 340 g/mol. The zero-order valence-corrected chi connectivity index (χ0v) is 14.2. The Kier molecular flexibility index (Phi) is 5.26. The van der Waals surface area contributed by atoms with Gasteiger partial charge in [-0.2, -0.15) is 4.98 Å². The largest absolute Gasteiger partial charge is 0.452 e. The Morgan fingerprint density at radius 1 is 1.20 bits per heavy atom. The van der Waals surface area contributed by atoms with E-state index in [-0.39, 0.29) is 12.5 Å². The molecule has 5 nitrogen and oxygen atoms in total. The Bertz CT molecular complexity index is 901. The molecule has 0 bridgehead atoms. The molecule has 3 aromatic rings. The van der Waals surface area contributed by atoms with E-state index in [1.807, 2.05) is 31.2 Å². The SMILES string of the molecule is Cc1ccccc1/C=C/C(=O)OCc1nc(-c2ccc(Cl)cc2)no1. The minimum atomic E-state index is -0.477. The summed E-state index contributed by atoms with van der Waals surface area (Å²) in [5.74, 6) is 0.162. The lowest BCUT2D eigenvalue weighted by molar-refractivity contribution is -0.139. The molecule has 0 aliphatic heterocycles. The van der Waals surface area contributed by atoms with Crippen LogP contribution < -0.4 is 0 Å². The molecule has 6 heteroatoms. The molecule has 0 spiro atoms. The summed E-state index contributed by atoms with van der Waals surface area (Å²) in [7, 11) is 0. The Labute approximate surface area is 149 Å². The maximum atomic E-state index is 11.8. The molecule has 0 radical (unpaired) electrons. The average molecular weight is 355 g/mol. The van der Waals surface area contributed by atoms with E-state index < -0.39 is 5.97 Å². The van der Waals surface area contributed by atoms with Gasteiger partial charge in [0.15, 0.2) is 6.61 Å². The minimum absolute atomic E-state index is 0.0858. The number of benzene rings is 2. The van der Waals surface area contributed by atoms with E-state index in [2.05, 4.69) is 10.1 Å². The molecule has 3 rings (SSSR count). The van der Waals surface area contributed by atoms with E-state index in [9.17, 15) is 4.79 Å². The zero-order valence-electron chi connectivity index (χ0n) is 13.5. The molecule has 1 aromatic heterocycles. The molecule has 0 aliphatic rings. The third kappa shape index (κ3) is 4.55. The number of aryl methyl sites for hydroxylation is 1. The van der Waals surface area contributed by atoms with Gasteiger partial charge in [0.2, 0.25) is 5.82 Å². The first-order valence-corrected chi connectivity index (χ1v) is 7.98. The van der Waals surface area contributed by atoms with Crippen molar-refractivity contribution in [3.05, 3.63) is 76.6 Å². The lowest BCUT2D eigenvalue weighted by Crippen LogP contribution is -2.01. The molecule has 126 valence electrons. The van der Waals surface area contributed by atoms with Gasteiger partial charge in [0, 0.05) is 16.7 Å². The van der Waals surface area contributed by atoms with Gasteiger partial charge in [0.05, 0.1) is 0 Å². The standard InChI is InChI=1S/C19H15ClN2O3/c1-13-4-2-3-5-14(13)8-11-18(23)24-12-17-21-19(22-25-17)15-6-9-16(20)10-7-15/h2-11H,12H2,1H3/b11-8+. The molecule has 0 saturated heterocycles. The molecule has 0 atom stereocenters. The number of ether oxygens (including phenoxy) is 1. The fourth-order valence-electron chi connectivity index (χ4n) is 2.14. The highest BCUT2D eigenvalue weighted by molar-refractivity contribution is 6.30. The monoisotopic (exact) mass is 354 g/mol. The van der Waals surface area contributed by atoms with Gasteiger partial charge in [-0.05, 0) is 48.4 Å². The number of aromatic nitrogens is 2. The lowest BCUT2D eigenvalue weighted by Gasteiger charge is -1.99. The van der Waals surface area contributed by atoms with Crippen molar-refractivity contribution in [3.8, 4) is 11.4 Å². The molecule has 0 fully saturated rings. The van der Waals surface area contributed by atoms with E-state index >= 15 is 0 Å². The summed E-state index contributed by atoms with van der Waals surface area (Å²) in [6.07, 6.45) is 3.09. The topological polar surface area (TPSA) is 65.2 Å². The molecular formula is C19H15ClN2O3. The summed E-state index contributed by atoms with van der Waals surface area (Å²) in [4.78, 5) is 16.0. The maximum Gasteiger partial charge on any atom is 0.331 e. The smallest absolute Gasteiger partial charge is 0.331 e. The van der Waals surface area contributed by atoms with Gasteiger partial charge in [-0.1, -0.05) is 41.0 Å². The zero-order chi connectivity index (χ0) is 17.6. The third-order valence-corrected chi connectivity index (χ3v) is 3.75. The number of carbonyl (C=O) groups excluding carboxylic acids is 1. The van der Waals surface area contributed by atoms with Gasteiger partial charge in [-0.25, -0.2) is 4.79 Å². The van der Waals surface area contributed by atoms with E-state index in [0.717, 1.165) is 16.7 Å². The van der Waals surface area contributed by atoms with Crippen LogP contribution >= 0.6 is 11.6 Å². The summed E-state index contributed by atoms with van der Waals surface area (Å²) >= 11 is 5.84. The highest BCUT2D eigenvalue weighted by Crippen LogP contribution is 2.18. The van der Waals surface area contributed by atoms with E-state index in [4.69, 9.17) is 20.9 Å². The highest BCUT2D eigenvalue weighted by Gasteiger charge is 2.10. The molecule has 0 N–H and O–H groups in total. The van der Waals surface area contributed by atoms with Gasteiger partial charge in [-0.3, -0.25) is 0 Å². The Morgan fingerprint density at radius 2 is 1.96 bits per heavy atom. The normalized spacial score (nSPS) is 11.0. The number of nitrogens with zero attached hydrogens (tertiary/aromatic N) is 2. The van der Waals surface area contributed by atoms with Crippen LogP contribution in [-0.2, 0) is 16.1 Å². The molecule has 25 heavy (non-hydrogen) atoms. The van der Waals surface area contributed by atoms with Crippen LogP contribution in [0, 0.1) is 6.92 Å². The van der Waals surface area contributed by atoms with Crippen LogP contribution in [0.25, 0.3) is 17.5 Å². The number of hydrogen-bond donors (Lipinski definition) is 0. The fourth-order valence-corrected chi connectivity index (χ4v) is 2.27. The second-order valence-corrected chi connectivity index (χ2v) is 5.75. The summed E-state index contributed by atoms with van der Waals surface area (Å²) in [5, 5.41) is 4.49. The van der Waals surface area contributed by atoms with Crippen LogP contribution in [0.3, 0.4) is 0 Å². The van der Waals surface area contributed by atoms with Crippen LogP contribution in [-0.4, -0.2) is 16.1 Å². The number of rotatable bonds is 5. The highest BCUT2D eigenvalue weighted by atomic mass is 35.5. The van der Waals surface area contributed by atoms with Crippen LogP contribution in [0.5, 0.6) is 0 Å². The predicted octanol–water partition coefficient (Wildman–Crippen LogP) is 4.46. The van der Waals surface area contributed by atoms with Crippen molar-refractivity contribution in [2.75, 3.05) is 0 Å². The molecule has 1 heterocycles. The van der Waals surface area contributed by atoms with Crippen LogP contribution in [0.15, 0.2) is 59.1 Å². The number of hydrogen-bond acceptors (Lipinski definition) is 5. The molecule has 0 amide bonds. The van der Waals surface area contributed by atoms with Gasteiger partial charge in [0.25, 0.3) is 5.89 Å². The first kappa shape index (κ1) is 16.9. The van der Waals surface area contributed by atoms with Gasteiger partial charge in [-0.15, -0.1) is 0 Å². The fraction of sp³-hybridized carbons (Fsp3) is 0.105. The van der Waals surface area contributed by atoms with Crippen molar-refractivity contribution < 1.29 is 14.1 Å². The Hall–Kier alpha value is -2.92. The first-order chi connectivity index (χ1) is 12.1. The second kappa shape index (κ2) is 7.77. The molecule has 0 aliphatic carbocycles. The summed E-state index contributed by atoms with van der Waals surface area (Å²) in [6, 6.07) is 14.8. The van der Waals surface area contributed by atoms with Crippen LogP contribution in [0.2, 0.25) is 5.02 Å². The number of halogens is 1. The van der Waals surface area contributed by atoms with Gasteiger partial charge < -0.3 is 9.26 Å². The molecule has 0 saturated carbocycles. The van der Waals surface area contributed by atoms with E-state index in [1.54, 1.807) is 30.3 Å².